The van der Waals surface area contributed by atoms with Gasteiger partial charge in [0.15, 0.2) is 0 Å². The van der Waals surface area contributed by atoms with Crippen molar-refractivity contribution in [2.75, 3.05) is 20.8 Å². The Morgan fingerprint density at radius 1 is 1.29 bits per heavy atom. The zero-order valence-corrected chi connectivity index (χ0v) is 11.1. The van der Waals surface area contributed by atoms with Crippen LogP contribution in [-0.2, 0) is 11.3 Å². The fraction of sp³-hybridized carbons (Fsp3) is 0.615. The maximum atomic E-state index is 5.19. The number of rotatable bonds is 7. The van der Waals surface area contributed by atoms with E-state index in [1.165, 1.54) is 0 Å². The largest absolute Gasteiger partial charge is 0.481 e. The van der Waals surface area contributed by atoms with Crippen molar-refractivity contribution in [3.63, 3.8) is 0 Å². The molecule has 0 aromatic carbocycles. The molecule has 0 amide bonds. The molecule has 1 heterocycles. The average molecular weight is 238 g/mol. The molecule has 0 saturated carbocycles. The lowest BCUT2D eigenvalue weighted by molar-refractivity contribution is 0.146. The molecular formula is C13H22N2O2. The van der Waals surface area contributed by atoms with Gasteiger partial charge >= 0.3 is 0 Å². The van der Waals surface area contributed by atoms with Crippen LogP contribution < -0.4 is 10.1 Å². The third-order valence-electron chi connectivity index (χ3n) is 2.69. The van der Waals surface area contributed by atoms with E-state index >= 15 is 0 Å². The van der Waals surface area contributed by atoms with Crippen LogP contribution in [0.3, 0.4) is 0 Å². The van der Waals surface area contributed by atoms with Gasteiger partial charge in [-0.3, -0.25) is 0 Å². The van der Waals surface area contributed by atoms with E-state index in [2.05, 4.69) is 24.1 Å². The second kappa shape index (κ2) is 7.25. The topological polar surface area (TPSA) is 43.4 Å². The van der Waals surface area contributed by atoms with Crippen LogP contribution in [0.5, 0.6) is 5.88 Å². The molecule has 0 aliphatic heterocycles. The number of nitrogens with one attached hydrogen (secondary N) is 1. The average Bonchev–Trinajstić information content (AvgIpc) is 2.34. The van der Waals surface area contributed by atoms with Gasteiger partial charge in [-0.15, -0.1) is 0 Å². The van der Waals surface area contributed by atoms with Crippen molar-refractivity contribution >= 4 is 0 Å². The van der Waals surface area contributed by atoms with Crippen LogP contribution in [0, 0.1) is 5.92 Å². The van der Waals surface area contributed by atoms with E-state index in [1.54, 1.807) is 14.2 Å². The van der Waals surface area contributed by atoms with Crippen molar-refractivity contribution in [2.24, 2.45) is 5.92 Å². The molecule has 0 aliphatic rings. The van der Waals surface area contributed by atoms with E-state index in [-0.39, 0.29) is 0 Å². The van der Waals surface area contributed by atoms with Crippen LogP contribution in [0.4, 0.5) is 0 Å². The quantitative estimate of drug-likeness (QED) is 0.787. The highest BCUT2D eigenvalue weighted by atomic mass is 16.5. The normalized spacial score (nSPS) is 12.8. The summed E-state index contributed by atoms with van der Waals surface area (Å²) in [4.78, 5) is 4.36. The van der Waals surface area contributed by atoms with Gasteiger partial charge in [0.25, 0.3) is 0 Å². The van der Waals surface area contributed by atoms with E-state index in [0.717, 1.165) is 12.2 Å². The molecule has 96 valence electrons. The summed E-state index contributed by atoms with van der Waals surface area (Å²) in [6, 6.07) is 6.12. The highest BCUT2D eigenvalue weighted by Gasteiger charge is 2.12. The van der Waals surface area contributed by atoms with Gasteiger partial charge in [-0.2, -0.15) is 0 Å². The smallest absolute Gasteiger partial charge is 0.213 e. The van der Waals surface area contributed by atoms with Gasteiger partial charge in [-0.05, 0) is 12.0 Å². The van der Waals surface area contributed by atoms with Gasteiger partial charge in [0.1, 0.15) is 0 Å². The fourth-order valence-corrected chi connectivity index (χ4v) is 1.57. The number of nitrogens with zero attached hydrogens (tertiary/aromatic N) is 1. The molecule has 1 unspecified atom stereocenters. The molecular weight excluding hydrogens is 216 g/mol. The molecule has 0 bridgehead atoms. The van der Waals surface area contributed by atoms with Crippen molar-refractivity contribution in [1.82, 2.24) is 10.3 Å². The van der Waals surface area contributed by atoms with Crippen LogP contribution in [0.2, 0.25) is 0 Å². The Morgan fingerprint density at radius 2 is 2.06 bits per heavy atom. The third-order valence-corrected chi connectivity index (χ3v) is 2.69. The molecule has 1 rings (SSSR count). The SMILES string of the molecule is COCC(NCc1cccc(OC)n1)C(C)C. The second-order valence-corrected chi connectivity index (χ2v) is 4.36. The third kappa shape index (κ3) is 4.71. The Labute approximate surface area is 103 Å². The molecule has 4 nitrogen and oxygen atoms in total. The minimum absolute atomic E-state index is 0.341. The second-order valence-electron chi connectivity index (χ2n) is 4.36. The Balaban J connectivity index is 2.52. The molecule has 17 heavy (non-hydrogen) atoms. The summed E-state index contributed by atoms with van der Waals surface area (Å²) < 4.78 is 10.3. The van der Waals surface area contributed by atoms with Gasteiger partial charge in [-0.1, -0.05) is 19.9 Å². The predicted octanol–water partition coefficient (Wildman–Crippen LogP) is 1.85. The standard InChI is InChI=1S/C13H22N2O2/c1-10(2)12(9-16-3)14-8-11-6-5-7-13(15-11)17-4/h5-7,10,12,14H,8-9H2,1-4H3. The van der Waals surface area contributed by atoms with Gasteiger partial charge in [0.05, 0.1) is 19.4 Å². The van der Waals surface area contributed by atoms with E-state index in [1.807, 2.05) is 18.2 Å². The Bertz CT molecular complexity index is 329. The lowest BCUT2D eigenvalue weighted by Gasteiger charge is -2.21. The molecule has 1 N–H and O–H groups in total. The first-order chi connectivity index (χ1) is 8.17. The first kappa shape index (κ1) is 13.9. The molecule has 1 aromatic rings. The Morgan fingerprint density at radius 3 is 2.65 bits per heavy atom. The van der Waals surface area contributed by atoms with Crippen molar-refractivity contribution < 1.29 is 9.47 Å². The number of pyridine rings is 1. The zero-order chi connectivity index (χ0) is 12.7. The first-order valence-corrected chi connectivity index (χ1v) is 5.89. The Kier molecular flexibility index (Phi) is 5.94. The lowest BCUT2D eigenvalue weighted by atomic mass is 10.1. The van der Waals surface area contributed by atoms with Crippen molar-refractivity contribution in [1.29, 1.82) is 0 Å². The van der Waals surface area contributed by atoms with Crippen LogP contribution in [0.1, 0.15) is 19.5 Å². The summed E-state index contributed by atoms with van der Waals surface area (Å²) in [7, 11) is 3.35. The van der Waals surface area contributed by atoms with Gasteiger partial charge in [0.2, 0.25) is 5.88 Å². The zero-order valence-electron chi connectivity index (χ0n) is 11.1. The molecule has 0 radical (unpaired) electrons. The fourth-order valence-electron chi connectivity index (χ4n) is 1.57. The molecule has 0 fully saturated rings. The predicted molar refractivity (Wildman–Crippen MR) is 68.1 cm³/mol. The van der Waals surface area contributed by atoms with Crippen LogP contribution in [0.25, 0.3) is 0 Å². The number of hydrogen-bond donors (Lipinski definition) is 1. The van der Waals surface area contributed by atoms with Crippen LogP contribution >= 0.6 is 0 Å². The number of hydrogen-bond acceptors (Lipinski definition) is 4. The van der Waals surface area contributed by atoms with Crippen LogP contribution in [-0.4, -0.2) is 31.9 Å². The highest BCUT2D eigenvalue weighted by Crippen LogP contribution is 2.08. The lowest BCUT2D eigenvalue weighted by Crippen LogP contribution is -2.37. The van der Waals surface area contributed by atoms with E-state index in [0.29, 0.717) is 24.4 Å². The number of aromatic nitrogens is 1. The van der Waals surface area contributed by atoms with Gasteiger partial charge in [0, 0.05) is 25.8 Å². The monoisotopic (exact) mass is 238 g/mol. The van der Waals surface area contributed by atoms with E-state index in [4.69, 9.17) is 9.47 Å². The maximum absolute atomic E-state index is 5.19. The Hall–Kier alpha value is -1.13. The van der Waals surface area contributed by atoms with Crippen LogP contribution in [0.15, 0.2) is 18.2 Å². The molecule has 1 atom stereocenters. The van der Waals surface area contributed by atoms with Crippen molar-refractivity contribution in [3.8, 4) is 5.88 Å². The van der Waals surface area contributed by atoms with Crippen molar-refractivity contribution in [2.45, 2.75) is 26.4 Å². The molecule has 0 saturated heterocycles. The van der Waals surface area contributed by atoms with Gasteiger partial charge in [-0.25, -0.2) is 4.98 Å². The molecule has 0 spiro atoms. The summed E-state index contributed by atoms with van der Waals surface area (Å²) in [6.07, 6.45) is 0. The summed E-state index contributed by atoms with van der Waals surface area (Å²) in [5.74, 6) is 1.18. The summed E-state index contributed by atoms with van der Waals surface area (Å²) >= 11 is 0. The minimum Gasteiger partial charge on any atom is -0.481 e. The van der Waals surface area contributed by atoms with Crippen molar-refractivity contribution in [3.05, 3.63) is 23.9 Å². The maximum Gasteiger partial charge on any atom is 0.213 e. The molecule has 0 aliphatic carbocycles. The van der Waals surface area contributed by atoms with E-state index < -0.39 is 0 Å². The number of ether oxygens (including phenoxy) is 2. The highest BCUT2D eigenvalue weighted by molar-refractivity contribution is 5.15. The minimum atomic E-state index is 0.341. The van der Waals surface area contributed by atoms with E-state index in [9.17, 15) is 0 Å². The first-order valence-electron chi connectivity index (χ1n) is 5.89. The summed E-state index contributed by atoms with van der Waals surface area (Å²) in [6.45, 7) is 5.79. The molecule has 1 aromatic heterocycles. The molecule has 4 heteroatoms. The summed E-state index contributed by atoms with van der Waals surface area (Å²) in [5, 5.41) is 3.44. The van der Waals surface area contributed by atoms with Gasteiger partial charge < -0.3 is 14.8 Å². The summed E-state index contributed by atoms with van der Waals surface area (Å²) in [5.41, 5.74) is 0.978. The number of methoxy groups -OCH3 is 2.